The maximum absolute atomic E-state index is 12.4. The van der Waals surface area contributed by atoms with Crippen LogP contribution in [0.5, 0.6) is 5.75 Å². The smallest absolute Gasteiger partial charge is 0.338 e. The molecule has 6 nitrogen and oxygen atoms in total. The zero-order chi connectivity index (χ0) is 19.2. The van der Waals surface area contributed by atoms with Gasteiger partial charge in [0.25, 0.3) is 0 Å². The number of hydrogen-bond donors (Lipinski definition) is 2. The summed E-state index contributed by atoms with van der Waals surface area (Å²) in [6.45, 7) is 4.13. The molecule has 2 aromatic carbocycles. The lowest BCUT2D eigenvalue weighted by Crippen LogP contribution is -2.45. The molecule has 0 fully saturated rings. The lowest BCUT2D eigenvalue weighted by atomic mass is 9.95. The molecule has 27 heavy (non-hydrogen) atoms. The van der Waals surface area contributed by atoms with Crippen LogP contribution in [0.3, 0.4) is 0 Å². The summed E-state index contributed by atoms with van der Waals surface area (Å²) in [5.41, 5.74) is 2.67. The Kier molecular flexibility index (Phi) is 5.76. The molecule has 1 aliphatic heterocycles. The van der Waals surface area contributed by atoms with Crippen LogP contribution in [0.2, 0.25) is 0 Å². The second-order valence-electron chi connectivity index (χ2n) is 6.14. The van der Waals surface area contributed by atoms with E-state index in [9.17, 15) is 9.59 Å². The van der Waals surface area contributed by atoms with Gasteiger partial charge in [-0.25, -0.2) is 9.59 Å². The van der Waals surface area contributed by atoms with Gasteiger partial charge in [-0.3, -0.25) is 0 Å². The van der Waals surface area contributed by atoms with Gasteiger partial charge < -0.3 is 20.1 Å². The number of rotatable bonds is 6. The summed E-state index contributed by atoms with van der Waals surface area (Å²) in [4.78, 5) is 24.3. The van der Waals surface area contributed by atoms with Crippen molar-refractivity contribution < 1.29 is 19.1 Å². The Labute approximate surface area is 158 Å². The van der Waals surface area contributed by atoms with Crippen molar-refractivity contribution in [3.63, 3.8) is 0 Å². The molecule has 1 unspecified atom stereocenters. The van der Waals surface area contributed by atoms with Crippen LogP contribution in [0.15, 0.2) is 65.9 Å². The molecule has 1 aliphatic rings. The van der Waals surface area contributed by atoms with Crippen molar-refractivity contribution in [1.82, 2.24) is 10.6 Å². The van der Waals surface area contributed by atoms with Crippen LogP contribution in [0.1, 0.15) is 31.0 Å². The number of amides is 2. The minimum atomic E-state index is -0.599. The van der Waals surface area contributed by atoms with Crippen LogP contribution in [0.4, 0.5) is 4.79 Å². The fourth-order valence-corrected chi connectivity index (χ4v) is 2.95. The molecule has 1 atom stereocenters. The van der Waals surface area contributed by atoms with Gasteiger partial charge in [0, 0.05) is 5.70 Å². The topological polar surface area (TPSA) is 76.7 Å². The third-order valence-electron chi connectivity index (χ3n) is 4.20. The highest BCUT2D eigenvalue weighted by molar-refractivity contribution is 5.95. The average molecular weight is 366 g/mol. The van der Waals surface area contributed by atoms with Gasteiger partial charge in [-0.2, -0.15) is 0 Å². The van der Waals surface area contributed by atoms with Crippen molar-refractivity contribution in [1.29, 1.82) is 0 Å². The Morgan fingerprint density at radius 1 is 1.11 bits per heavy atom. The van der Waals surface area contributed by atoms with Crippen molar-refractivity contribution in [2.24, 2.45) is 0 Å². The molecule has 0 saturated heterocycles. The Morgan fingerprint density at radius 3 is 2.63 bits per heavy atom. The number of carbonyl (C=O) groups excluding carboxylic acids is 2. The normalized spacial score (nSPS) is 16.4. The van der Waals surface area contributed by atoms with Gasteiger partial charge in [0.1, 0.15) is 12.4 Å². The highest BCUT2D eigenvalue weighted by Gasteiger charge is 2.32. The number of esters is 1. The molecule has 3 rings (SSSR count). The number of carbonyl (C=O) groups is 2. The van der Waals surface area contributed by atoms with E-state index in [1.54, 1.807) is 13.8 Å². The maximum Gasteiger partial charge on any atom is 0.338 e. The first-order chi connectivity index (χ1) is 13.1. The second-order valence-corrected chi connectivity index (χ2v) is 6.14. The van der Waals surface area contributed by atoms with Crippen LogP contribution >= 0.6 is 0 Å². The lowest BCUT2D eigenvalue weighted by molar-refractivity contribution is -0.139. The number of hydrogen-bond acceptors (Lipinski definition) is 4. The minimum absolute atomic E-state index is 0.260. The summed E-state index contributed by atoms with van der Waals surface area (Å²) < 4.78 is 11.0. The van der Waals surface area contributed by atoms with Gasteiger partial charge in [-0.05, 0) is 37.1 Å². The molecule has 2 N–H and O–H groups in total. The van der Waals surface area contributed by atoms with Crippen molar-refractivity contribution >= 4 is 12.0 Å². The quantitative estimate of drug-likeness (QED) is 0.768. The maximum atomic E-state index is 12.4. The monoisotopic (exact) mass is 366 g/mol. The fourth-order valence-electron chi connectivity index (χ4n) is 2.95. The first kappa shape index (κ1) is 18.5. The first-order valence-electron chi connectivity index (χ1n) is 8.80. The molecule has 0 aromatic heterocycles. The molecule has 0 saturated carbocycles. The van der Waals surface area contributed by atoms with Crippen LogP contribution in [0.25, 0.3) is 0 Å². The number of benzene rings is 2. The molecule has 0 spiro atoms. The van der Waals surface area contributed by atoms with E-state index in [-0.39, 0.29) is 12.6 Å². The van der Waals surface area contributed by atoms with E-state index in [0.29, 0.717) is 23.6 Å². The van der Waals surface area contributed by atoms with Gasteiger partial charge >= 0.3 is 12.0 Å². The van der Waals surface area contributed by atoms with Crippen LogP contribution in [0, 0.1) is 0 Å². The molecule has 1 heterocycles. The molecule has 0 aliphatic carbocycles. The van der Waals surface area contributed by atoms with Gasteiger partial charge in [0.15, 0.2) is 0 Å². The number of nitrogens with one attached hydrogen (secondary N) is 2. The molecular weight excluding hydrogens is 344 g/mol. The van der Waals surface area contributed by atoms with E-state index < -0.39 is 12.0 Å². The first-order valence-corrected chi connectivity index (χ1v) is 8.80. The predicted molar refractivity (Wildman–Crippen MR) is 101 cm³/mol. The minimum Gasteiger partial charge on any atom is -0.489 e. The molecule has 6 heteroatoms. The third kappa shape index (κ3) is 4.47. The highest BCUT2D eigenvalue weighted by atomic mass is 16.5. The summed E-state index contributed by atoms with van der Waals surface area (Å²) in [6, 6.07) is 16.2. The number of urea groups is 1. The Bertz CT molecular complexity index is 861. The van der Waals surface area contributed by atoms with E-state index in [4.69, 9.17) is 9.47 Å². The molecule has 2 amide bonds. The Hall–Kier alpha value is -3.28. The van der Waals surface area contributed by atoms with Gasteiger partial charge in [-0.15, -0.1) is 0 Å². The largest absolute Gasteiger partial charge is 0.489 e. The van der Waals surface area contributed by atoms with Crippen molar-refractivity contribution in [3.05, 3.63) is 77.0 Å². The van der Waals surface area contributed by atoms with E-state index in [0.717, 1.165) is 11.1 Å². The van der Waals surface area contributed by atoms with Crippen LogP contribution < -0.4 is 15.4 Å². The Balaban J connectivity index is 1.84. The van der Waals surface area contributed by atoms with E-state index in [1.807, 2.05) is 54.6 Å². The van der Waals surface area contributed by atoms with E-state index in [1.165, 1.54) is 0 Å². The van der Waals surface area contributed by atoms with Gasteiger partial charge in [0.2, 0.25) is 0 Å². The van der Waals surface area contributed by atoms with Gasteiger partial charge in [-0.1, -0.05) is 42.5 Å². The fraction of sp³-hybridized carbons (Fsp3) is 0.238. The van der Waals surface area contributed by atoms with Crippen LogP contribution in [-0.2, 0) is 16.1 Å². The summed E-state index contributed by atoms with van der Waals surface area (Å²) in [7, 11) is 0. The zero-order valence-corrected chi connectivity index (χ0v) is 15.3. The van der Waals surface area contributed by atoms with E-state index >= 15 is 0 Å². The number of ether oxygens (including phenoxy) is 2. The number of allylic oxidation sites excluding steroid dienone is 1. The van der Waals surface area contributed by atoms with Crippen molar-refractivity contribution in [3.8, 4) is 5.75 Å². The summed E-state index contributed by atoms with van der Waals surface area (Å²) in [5, 5.41) is 5.42. The molecule has 140 valence electrons. The zero-order valence-electron chi connectivity index (χ0n) is 15.3. The molecular formula is C21H22N2O4. The molecule has 2 aromatic rings. The summed E-state index contributed by atoms with van der Waals surface area (Å²) >= 11 is 0. The van der Waals surface area contributed by atoms with Crippen molar-refractivity contribution in [2.45, 2.75) is 26.5 Å². The standard InChI is InChI=1S/C21H22N2O4/c1-3-26-20(24)18-14(2)22-21(25)23-19(18)16-10-7-11-17(12-16)27-13-15-8-5-4-6-9-15/h4-12,19H,3,13H2,1-2H3,(H2,22,23,25). The van der Waals surface area contributed by atoms with Crippen LogP contribution in [-0.4, -0.2) is 18.6 Å². The van der Waals surface area contributed by atoms with Gasteiger partial charge in [0.05, 0.1) is 18.2 Å². The highest BCUT2D eigenvalue weighted by Crippen LogP contribution is 2.29. The summed E-state index contributed by atoms with van der Waals surface area (Å²) in [6.07, 6.45) is 0. The van der Waals surface area contributed by atoms with Crippen molar-refractivity contribution in [2.75, 3.05) is 6.61 Å². The van der Waals surface area contributed by atoms with E-state index in [2.05, 4.69) is 10.6 Å². The predicted octanol–water partition coefficient (Wildman–Crippen LogP) is 3.46. The third-order valence-corrected chi connectivity index (χ3v) is 4.20. The summed E-state index contributed by atoms with van der Waals surface area (Å²) in [5.74, 6) is 0.202. The SMILES string of the molecule is CCOC(=O)C1=C(C)NC(=O)NC1c1cccc(OCc2ccccc2)c1. The molecule has 0 radical (unpaired) electrons. The Morgan fingerprint density at radius 2 is 1.89 bits per heavy atom. The average Bonchev–Trinajstić information content (AvgIpc) is 2.67. The molecule has 0 bridgehead atoms. The second kappa shape index (κ2) is 8.40. The lowest BCUT2D eigenvalue weighted by Gasteiger charge is -2.28.